The first-order valence-electron chi connectivity index (χ1n) is 12.2. The number of benzene rings is 1. The van der Waals surface area contributed by atoms with Crippen molar-refractivity contribution in [1.29, 1.82) is 5.26 Å². The molecule has 16 heteroatoms. The molecule has 3 atom stereocenters. The van der Waals surface area contributed by atoms with Gasteiger partial charge in [0.05, 0.1) is 31.6 Å². The van der Waals surface area contributed by atoms with Crippen molar-refractivity contribution in [3.05, 3.63) is 72.7 Å². The Hall–Kier alpha value is -4.49. The van der Waals surface area contributed by atoms with E-state index in [1.165, 1.54) is 57.1 Å². The van der Waals surface area contributed by atoms with Gasteiger partial charge in [-0.15, -0.1) is 0 Å². The molecule has 1 saturated heterocycles. The molecule has 0 spiro atoms. The first kappa shape index (κ1) is 30.5. The van der Waals surface area contributed by atoms with Gasteiger partial charge in [-0.05, 0) is 36.4 Å². The van der Waals surface area contributed by atoms with Gasteiger partial charge in [-0.2, -0.15) is 5.26 Å². The number of ether oxygens (including phenoxy) is 2. The maximum atomic E-state index is 14.1. The quantitative estimate of drug-likeness (QED) is 0.251. The van der Waals surface area contributed by atoms with Crippen molar-refractivity contribution in [2.45, 2.75) is 29.5 Å². The van der Waals surface area contributed by atoms with Gasteiger partial charge in [0.15, 0.2) is 6.19 Å². The van der Waals surface area contributed by atoms with E-state index in [0.717, 1.165) is 9.80 Å². The van der Waals surface area contributed by atoms with Gasteiger partial charge in [-0.1, -0.05) is 25.5 Å². The van der Waals surface area contributed by atoms with E-state index >= 15 is 0 Å². The van der Waals surface area contributed by atoms with Gasteiger partial charge in [-0.25, -0.2) is 4.98 Å². The molecule has 3 aromatic rings. The van der Waals surface area contributed by atoms with E-state index in [-0.39, 0.29) is 47.9 Å². The van der Waals surface area contributed by atoms with Crippen molar-refractivity contribution in [3.8, 4) is 12.1 Å². The SMILES string of the molecule is COc1ccc(NC(=O)C(c2cccnc2)N(C(=O)[C@H]2C[C@@H](OC)CN2C#N)c2ccc(S(F)(F)(F)(F)F)cc2)cn1. The molecule has 1 unspecified atom stereocenters. The van der Waals surface area contributed by atoms with Crippen LogP contribution in [0.25, 0.3) is 0 Å². The summed E-state index contributed by atoms with van der Waals surface area (Å²) in [7, 11) is -7.26. The van der Waals surface area contributed by atoms with E-state index < -0.39 is 45.1 Å². The number of aromatic nitrogens is 2. The average Bonchev–Trinajstić information content (AvgIpc) is 3.39. The Bertz CT molecular complexity index is 1490. The summed E-state index contributed by atoms with van der Waals surface area (Å²) in [5, 5.41) is 12.3. The molecular weight excluding hydrogens is 587 g/mol. The van der Waals surface area contributed by atoms with Crippen LogP contribution >= 0.6 is 10.2 Å². The van der Waals surface area contributed by atoms with Crippen molar-refractivity contribution >= 4 is 33.4 Å². The van der Waals surface area contributed by atoms with Gasteiger partial charge in [-0.3, -0.25) is 24.4 Å². The highest BCUT2D eigenvalue weighted by Gasteiger charge is 2.65. The lowest BCUT2D eigenvalue weighted by Gasteiger charge is -2.41. The highest BCUT2D eigenvalue weighted by atomic mass is 32.5. The Balaban J connectivity index is 1.84. The summed E-state index contributed by atoms with van der Waals surface area (Å²) in [5.41, 5.74) is 0.0324. The van der Waals surface area contributed by atoms with E-state index in [9.17, 15) is 34.3 Å². The third kappa shape index (κ3) is 6.69. The number of pyridine rings is 2. The molecule has 0 radical (unpaired) electrons. The number of hydrogen-bond donors (Lipinski definition) is 1. The van der Waals surface area contributed by atoms with Crippen molar-refractivity contribution in [2.75, 3.05) is 31.0 Å². The van der Waals surface area contributed by atoms with Crippen molar-refractivity contribution in [1.82, 2.24) is 14.9 Å². The number of anilines is 2. The molecule has 2 amide bonds. The van der Waals surface area contributed by atoms with Crippen molar-refractivity contribution < 1.29 is 38.5 Å². The summed E-state index contributed by atoms with van der Waals surface area (Å²) < 4.78 is 77.7. The van der Waals surface area contributed by atoms with Crippen LogP contribution in [0.2, 0.25) is 0 Å². The van der Waals surface area contributed by atoms with Gasteiger partial charge in [0, 0.05) is 43.2 Å². The van der Waals surface area contributed by atoms with E-state index in [4.69, 9.17) is 9.47 Å². The molecule has 1 aliphatic rings. The van der Waals surface area contributed by atoms with Crippen molar-refractivity contribution in [3.63, 3.8) is 0 Å². The van der Waals surface area contributed by atoms with Crippen LogP contribution in [-0.4, -0.2) is 59.6 Å². The first-order chi connectivity index (χ1) is 19.6. The number of likely N-dealkylation sites (tertiary alicyclic amines) is 1. The van der Waals surface area contributed by atoms with Gasteiger partial charge < -0.3 is 14.8 Å². The second kappa shape index (κ2) is 10.7. The molecule has 1 aliphatic heterocycles. The summed E-state index contributed by atoms with van der Waals surface area (Å²) in [6, 6.07) is 4.78. The smallest absolute Gasteiger partial charge is 0.310 e. The lowest BCUT2D eigenvalue weighted by Crippen LogP contribution is -2.49. The minimum absolute atomic E-state index is 0.0206. The van der Waals surface area contributed by atoms with E-state index in [0.29, 0.717) is 12.1 Å². The zero-order valence-corrected chi connectivity index (χ0v) is 23.0. The highest BCUT2D eigenvalue weighted by molar-refractivity contribution is 8.45. The van der Waals surface area contributed by atoms with E-state index in [2.05, 4.69) is 15.3 Å². The monoisotopic (exact) mass is 612 g/mol. The Labute approximate surface area is 237 Å². The first-order valence-corrected chi connectivity index (χ1v) is 14.2. The summed E-state index contributed by atoms with van der Waals surface area (Å²) in [4.78, 5) is 35.8. The molecule has 3 heterocycles. The Morgan fingerprint density at radius 1 is 1.10 bits per heavy atom. The fourth-order valence-electron chi connectivity index (χ4n) is 4.48. The molecule has 224 valence electrons. The molecule has 1 N–H and O–H groups in total. The molecule has 42 heavy (non-hydrogen) atoms. The largest absolute Gasteiger partial charge is 0.481 e. The number of amides is 2. The zero-order valence-electron chi connectivity index (χ0n) is 22.2. The number of nitrogens with one attached hydrogen (secondary N) is 1. The topological polar surface area (TPSA) is 121 Å². The molecule has 4 rings (SSSR count). The van der Waals surface area contributed by atoms with Gasteiger partial charge in [0.1, 0.15) is 17.0 Å². The third-order valence-electron chi connectivity index (χ3n) is 6.53. The molecular formula is C26H25F5N6O4S. The van der Waals surface area contributed by atoms with Crippen LogP contribution < -0.4 is 15.0 Å². The number of halogens is 5. The Kier molecular flexibility index (Phi) is 7.78. The summed E-state index contributed by atoms with van der Waals surface area (Å²) in [5.74, 6) is -1.43. The molecule has 2 aromatic heterocycles. The molecule has 0 saturated carbocycles. The Morgan fingerprint density at radius 2 is 1.81 bits per heavy atom. The number of rotatable bonds is 9. The van der Waals surface area contributed by atoms with Crippen LogP contribution in [0.1, 0.15) is 18.0 Å². The van der Waals surface area contributed by atoms with Gasteiger partial charge >= 0.3 is 10.2 Å². The van der Waals surface area contributed by atoms with Crippen LogP contribution in [0.4, 0.5) is 30.8 Å². The number of nitrogens with zero attached hydrogens (tertiary/aromatic N) is 5. The predicted octanol–water partition coefficient (Wildman–Crippen LogP) is 5.43. The van der Waals surface area contributed by atoms with E-state index in [1.807, 2.05) is 6.19 Å². The lowest BCUT2D eigenvalue weighted by atomic mass is 10.0. The second-order valence-electron chi connectivity index (χ2n) is 9.30. The maximum Gasteiger partial charge on any atom is 0.310 e. The molecule has 0 aliphatic carbocycles. The van der Waals surface area contributed by atoms with Crippen LogP contribution in [0.5, 0.6) is 5.88 Å². The average molecular weight is 613 g/mol. The fraction of sp³-hybridized carbons (Fsp3) is 0.269. The lowest BCUT2D eigenvalue weighted by molar-refractivity contribution is -0.126. The summed E-state index contributed by atoms with van der Waals surface area (Å²) in [6.07, 6.45) is 5.33. The number of carbonyl (C=O) groups is 2. The third-order valence-corrected chi connectivity index (χ3v) is 7.69. The number of methoxy groups -OCH3 is 2. The van der Waals surface area contributed by atoms with Gasteiger partial charge in [0.25, 0.3) is 11.8 Å². The standard InChI is InChI=1S/C26H25F5N6O4S/c1-40-20-12-22(36(15-20)16-32)26(39)37(19-6-8-21(9-7-19)42(27,28,29,30)31)24(17-4-3-11-33-13-17)25(38)35-18-5-10-23(41-2)34-14-18/h3-11,13-14,20,22,24H,12,15H2,1-2H3,(H,35,38)/t20-,22-,24?/m1/s1. The Morgan fingerprint density at radius 3 is 2.33 bits per heavy atom. The summed E-state index contributed by atoms with van der Waals surface area (Å²) in [6.45, 7) is 0.0433. The fourth-order valence-corrected chi connectivity index (χ4v) is 5.13. The van der Waals surface area contributed by atoms with Crippen LogP contribution in [0, 0.1) is 11.5 Å². The molecule has 0 bridgehead atoms. The minimum atomic E-state index is -10.0. The normalized spacial score (nSPS) is 19.1. The number of carbonyl (C=O) groups excluding carboxylic acids is 2. The minimum Gasteiger partial charge on any atom is -0.481 e. The second-order valence-corrected chi connectivity index (χ2v) is 11.7. The number of nitriles is 1. The number of hydrogen-bond acceptors (Lipinski definition) is 8. The van der Waals surface area contributed by atoms with Crippen LogP contribution in [0.3, 0.4) is 0 Å². The molecule has 1 aromatic carbocycles. The van der Waals surface area contributed by atoms with Crippen LogP contribution in [0.15, 0.2) is 72.0 Å². The molecule has 10 nitrogen and oxygen atoms in total. The van der Waals surface area contributed by atoms with E-state index in [1.54, 1.807) is 0 Å². The van der Waals surface area contributed by atoms with Gasteiger partial charge in [0.2, 0.25) is 5.88 Å². The zero-order chi connectivity index (χ0) is 30.8. The maximum absolute atomic E-state index is 14.1. The van der Waals surface area contributed by atoms with Crippen LogP contribution in [-0.2, 0) is 14.3 Å². The summed E-state index contributed by atoms with van der Waals surface area (Å²) >= 11 is 0. The predicted molar refractivity (Wildman–Crippen MR) is 143 cm³/mol. The van der Waals surface area contributed by atoms with Crippen molar-refractivity contribution in [2.24, 2.45) is 0 Å². The molecule has 1 fully saturated rings. The highest BCUT2D eigenvalue weighted by Crippen LogP contribution is 3.02.